The highest BCUT2D eigenvalue weighted by Gasteiger charge is 2.22. The van der Waals surface area contributed by atoms with Gasteiger partial charge in [-0.2, -0.15) is 5.10 Å². The maximum absolute atomic E-state index is 12.9. The fourth-order valence-corrected chi connectivity index (χ4v) is 4.33. The number of nitrogens with one attached hydrogen (secondary N) is 2. The van der Waals surface area contributed by atoms with Gasteiger partial charge in [0.15, 0.2) is 0 Å². The van der Waals surface area contributed by atoms with Crippen LogP contribution in [0, 0.1) is 0 Å². The van der Waals surface area contributed by atoms with Crippen LogP contribution < -0.4 is 14.8 Å². The number of carbonyl (C=O) groups excluding carboxylic acids is 1. The van der Waals surface area contributed by atoms with Crippen molar-refractivity contribution in [3.63, 3.8) is 0 Å². The third-order valence-corrected chi connectivity index (χ3v) is 6.21. The summed E-state index contributed by atoms with van der Waals surface area (Å²) in [5, 5.41) is 6.93. The Morgan fingerprint density at radius 1 is 1.16 bits per heavy atom. The van der Waals surface area contributed by atoms with Crippen LogP contribution in [0.3, 0.4) is 0 Å². The standard InChI is InChI=1S/C21H23ClN4O4S/c1-21(2,3)26-13-15(12-23-26)24-20(27)14-9-10-16(22)19(11-14)31(28,29)25-17-7-5-6-8-18(17)30-4/h5-13,25H,1-4H3,(H,24,27). The lowest BCUT2D eigenvalue weighted by Gasteiger charge is -2.18. The number of rotatable bonds is 6. The molecule has 2 N–H and O–H groups in total. The summed E-state index contributed by atoms with van der Waals surface area (Å²) in [6.45, 7) is 5.95. The van der Waals surface area contributed by atoms with Gasteiger partial charge < -0.3 is 10.1 Å². The third kappa shape index (κ3) is 5.18. The van der Waals surface area contributed by atoms with Gasteiger partial charge in [-0.25, -0.2) is 8.42 Å². The van der Waals surface area contributed by atoms with Gasteiger partial charge in [0.05, 0.1) is 35.2 Å². The summed E-state index contributed by atoms with van der Waals surface area (Å²) in [6.07, 6.45) is 3.23. The minimum Gasteiger partial charge on any atom is -0.495 e. The van der Waals surface area contributed by atoms with Gasteiger partial charge in [0.25, 0.3) is 15.9 Å². The van der Waals surface area contributed by atoms with Gasteiger partial charge in [-0.15, -0.1) is 0 Å². The number of sulfonamides is 1. The van der Waals surface area contributed by atoms with Gasteiger partial charge in [-0.1, -0.05) is 23.7 Å². The molecule has 0 unspecified atom stereocenters. The number of carbonyl (C=O) groups is 1. The number of amides is 1. The molecule has 1 heterocycles. The summed E-state index contributed by atoms with van der Waals surface area (Å²) in [5.41, 5.74) is 0.638. The number of methoxy groups -OCH3 is 1. The van der Waals surface area contributed by atoms with Crippen LogP contribution in [0.5, 0.6) is 5.75 Å². The number of halogens is 1. The molecule has 0 aliphatic carbocycles. The van der Waals surface area contributed by atoms with E-state index in [2.05, 4.69) is 15.1 Å². The van der Waals surface area contributed by atoms with Gasteiger partial charge in [0, 0.05) is 11.8 Å². The molecule has 1 aromatic heterocycles. The van der Waals surface area contributed by atoms with E-state index in [1.165, 1.54) is 31.5 Å². The number of para-hydroxylation sites is 2. The van der Waals surface area contributed by atoms with Crippen LogP contribution in [0.2, 0.25) is 5.02 Å². The highest BCUT2D eigenvalue weighted by atomic mass is 35.5. The first-order valence-corrected chi connectivity index (χ1v) is 11.2. The first-order valence-electron chi connectivity index (χ1n) is 9.33. The smallest absolute Gasteiger partial charge is 0.263 e. The van der Waals surface area contributed by atoms with Crippen LogP contribution in [-0.4, -0.2) is 31.2 Å². The molecular formula is C21H23ClN4O4S. The Balaban J connectivity index is 1.87. The number of hydrogen-bond acceptors (Lipinski definition) is 5. The van der Waals surface area contributed by atoms with Crippen molar-refractivity contribution in [1.29, 1.82) is 0 Å². The number of ether oxygens (including phenoxy) is 1. The third-order valence-electron chi connectivity index (χ3n) is 4.36. The minimum absolute atomic E-state index is 0.0144. The molecular weight excluding hydrogens is 440 g/mol. The molecule has 164 valence electrons. The fraction of sp³-hybridized carbons (Fsp3) is 0.238. The zero-order chi connectivity index (χ0) is 22.8. The van der Waals surface area contributed by atoms with Crippen molar-refractivity contribution >= 4 is 38.9 Å². The predicted octanol–water partition coefficient (Wildman–Crippen LogP) is 4.35. The molecule has 3 aromatic rings. The number of aromatic nitrogens is 2. The quantitative estimate of drug-likeness (QED) is 0.566. The van der Waals surface area contributed by atoms with Crippen molar-refractivity contribution in [1.82, 2.24) is 9.78 Å². The maximum Gasteiger partial charge on any atom is 0.263 e. The van der Waals surface area contributed by atoms with Gasteiger partial charge in [0.2, 0.25) is 0 Å². The monoisotopic (exact) mass is 462 g/mol. The molecule has 0 bridgehead atoms. The van der Waals surface area contributed by atoms with Crippen molar-refractivity contribution in [2.45, 2.75) is 31.2 Å². The van der Waals surface area contributed by atoms with E-state index in [0.717, 1.165) is 0 Å². The van der Waals surface area contributed by atoms with Gasteiger partial charge in [0.1, 0.15) is 10.6 Å². The average molecular weight is 463 g/mol. The summed E-state index contributed by atoms with van der Waals surface area (Å²) in [4.78, 5) is 12.5. The van der Waals surface area contributed by atoms with Crippen molar-refractivity contribution in [3.05, 3.63) is 65.4 Å². The lowest BCUT2D eigenvalue weighted by Crippen LogP contribution is -2.22. The molecule has 2 aromatic carbocycles. The van der Waals surface area contributed by atoms with Crippen molar-refractivity contribution < 1.29 is 17.9 Å². The molecule has 0 fully saturated rings. The Morgan fingerprint density at radius 2 is 1.87 bits per heavy atom. The van der Waals surface area contributed by atoms with Crippen LogP contribution in [0.1, 0.15) is 31.1 Å². The molecule has 0 saturated heterocycles. The van der Waals surface area contributed by atoms with E-state index in [4.69, 9.17) is 16.3 Å². The second-order valence-corrected chi connectivity index (χ2v) is 9.81. The summed E-state index contributed by atoms with van der Waals surface area (Å²) < 4.78 is 35.2. The zero-order valence-electron chi connectivity index (χ0n) is 17.5. The highest BCUT2D eigenvalue weighted by molar-refractivity contribution is 7.92. The van der Waals surface area contributed by atoms with E-state index in [-0.39, 0.29) is 26.7 Å². The second-order valence-electron chi connectivity index (χ2n) is 7.75. The van der Waals surface area contributed by atoms with Crippen LogP contribution in [0.25, 0.3) is 0 Å². The van der Waals surface area contributed by atoms with Crippen LogP contribution in [0.15, 0.2) is 59.8 Å². The Kier molecular flexibility index (Phi) is 6.28. The summed E-state index contributed by atoms with van der Waals surface area (Å²) in [5.74, 6) is -0.133. The molecule has 3 rings (SSSR count). The molecule has 0 aliphatic heterocycles. The molecule has 8 nitrogen and oxygen atoms in total. The van der Waals surface area contributed by atoms with Gasteiger partial charge in [-0.3, -0.25) is 14.2 Å². The first-order chi connectivity index (χ1) is 14.5. The van der Waals surface area contributed by atoms with Crippen molar-refractivity contribution in [2.75, 3.05) is 17.1 Å². The average Bonchev–Trinajstić information content (AvgIpc) is 3.17. The Morgan fingerprint density at radius 3 is 2.52 bits per heavy atom. The SMILES string of the molecule is COc1ccccc1NS(=O)(=O)c1cc(C(=O)Nc2cnn(C(C)(C)C)c2)ccc1Cl. The molecule has 0 spiro atoms. The van der Waals surface area contributed by atoms with Gasteiger partial charge in [-0.05, 0) is 51.1 Å². The Labute approximate surface area is 186 Å². The second kappa shape index (κ2) is 8.60. The normalized spacial score (nSPS) is 11.8. The van der Waals surface area contributed by atoms with Crippen LogP contribution in [0.4, 0.5) is 11.4 Å². The number of benzene rings is 2. The zero-order valence-corrected chi connectivity index (χ0v) is 19.1. The molecule has 0 aliphatic rings. The molecule has 10 heteroatoms. The fourth-order valence-electron chi connectivity index (χ4n) is 2.74. The first kappa shape index (κ1) is 22.6. The van der Waals surface area contributed by atoms with E-state index in [1.54, 1.807) is 35.1 Å². The van der Waals surface area contributed by atoms with Crippen LogP contribution >= 0.6 is 11.6 Å². The molecule has 0 saturated carbocycles. The minimum atomic E-state index is -4.08. The molecule has 31 heavy (non-hydrogen) atoms. The lowest BCUT2D eigenvalue weighted by molar-refractivity contribution is 0.102. The topological polar surface area (TPSA) is 102 Å². The van der Waals surface area contributed by atoms with E-state index in [1.807, 2.05) is 20.8 Å². The molecule has 1 amide bonds. The van der Waals surface area contributed by atoms with E-state index in [0.29, 0.717) is 11.4 Å². The largest absolute Gasteiger partial charge is 0.495 e. The van der Waals surface area contributed by atoms with Crippen molar-refractivity contribution in [2.24, 2.45) is 0 Å². The van der Waals surface area contributed by atoms with Crippen LogP contribution in [-0.2, 0) is 15.6 Å². The van der Waals surface area contributed by atoms with E-state index in [9.17, 15) is 13.2 Å². The van der Waals surface area contributed by atoms with E-state index < -0.39 is 15.9 Å². The van der Waals surface area contributed by atoms with E-state index >= 15 is 0 Å². The Bertz CT molecular complexity index is 1220. The summed E-state index contributed by atoms with van der Waals surface area (Å²) in [7, 11) is -2.64. The molecule has 0 radical (unpaired) electrons. The number of anilines is 2. The predicted molar refractivity (Wildman–Crippen MR) is 120 cm³/mol. The Hall–Kier alpha value is -3.04. The van der Waals surface area contributed by atoms with Gasteiger partial charge >= 0.3 is 0 Å². The number of nitrogens with zero attached hydrogens (tertiary/aromatic N) is 2. The summed E-state index contributed by atoms with van der Waals surface area (Å²) >= 11 is 6.14. The van der Waals surface area contributed by atoms with Crippen molar-refractivity contribution in [3.8, 4) is 5.75 Å². The maximum atomic E-state index is 12.9. The highest BCUT2D eigenvalue weighted by Crippen LogP contribution is 2.29. The number of hydrogen-bond donors (Lipinski definition) is 2. The summed E-state index contributed by atoms with van der Waals surface area (Å²) in [6, 6.07) is 10.6. The lowest BCUT2D eigenvalue weighted by atomic mass is 10.1. The molecule has 0 atom stereocenters.